The topological polar surface area (TPSA) is 78.5 Å². The van der Waals surface area contributed by atoms with Gasteiger partial charge in [0.1, 0.15) is 18.6 Å². The van der Waals surface area contributed by atoms with E-state index in [9.17, 15) is 27.6 Å². The third-order valence-electron chi connectivity index (χ3n) is 3.81. The predicted molar refractivity (Wildman–Crippen MR) is 82.7 cm³/mol. The van der Waals surface area contributed by atoms with Crippen LogP contribution in [-0.2, 0) is 15.1 Å². The number of amides is 4. The quantitative estimate of drug-likeness (QED) is 0.772. The normalized spacial score (nSPS) is 20.6. The first-order chi connectivity index (χ1) is 11.6. The average Bonchev–Trinajstić information content (AvgIpc) is 2.77. The molecule has 0 aliphatic carbocycles. The summed E-state index contributed by atoms with van der Waals surface area (Å²) in [4.78, 5) is 37.0. The summed E-state index contributed by atoms with van der Waals surface area (Å²) in [5.74, 6) is -1.80. The third kappa shape index (κ3) is 4.04. The molecule has 1 atom stereocenters. The molecule has 136 valence electrons. The molecule has 2 N–H and O–H groups in total. The summed E-state index contributed by atoms with van der Waals surface area (Å²) in [6, 6.07) is 5.46. The van der Waals surface area contributed by atoms with Crippen molar-refractivity contribution in [3.05, 3.63) is 34.9 Å². The highest BCUT2D eigenvalue weighted by atomic mass is 35.5. The highest BCUT2D eigenvalue weighted by molar-refractivity contribution is 6.30. The van der Waals surface area contributed by atoms with Crippen LogP contribution in [0.3, 0.4) is 0 Å². The Morgan fingerprint density at radius 3 is 2.60 bits per heavy atom. The molecule has 1 fully saturated rings. The summed E-state index contributed by atoms with van der Waals surface area (Å²) in [5, 5.41) is 4.50. The minimum absolute atomic E-state index is 0.179. The first kappa shape index (κ1) is 19.0. The zero-order valence-electron chi connectivity index (χ0n) is 13.1. The Morgan fingerprint density at radius 2 is 2.04 bits per heavy atom. The molecule has 1 aromatic carbocycles. The Bertz CT molecular complexity index is 711. The molecule has 0 unspecified atom stereocenters. The average molecular weight is 378 g/mol. The number of imide groups is 1. The van der Waals surface area contributed by atoms with Gasteiger partial charge in [0.25, 0.3) is 5.91 Å². The Labute approximate surface area is 146 Å². The van der Waals surface area contributed by atoms with Crippen molar-refractivity contribution >= 4 is 29.4 Å². The number of benzene rings is 1. The summed E-state index contributed by atoms with van der Waals surface area (Å²) in [7, 11) is 0. The van der Waals surface area contributed by atoms with Crippen LogP contribution in [0, 0.1) is 0 Å². The number of rotatable bonds is 5. The molecule has 0 saturated carbocycles. The van der Waals surface area contributed by atoms with Crippen molar-refractivity contribution in [2.45, 2.75) is 25.1 Å². The Balaban J connectivity index is 2.19. The van der Waals surface area contributed by atoms with Gasteiger partial charge in [0, 0.05) is 5.02 Å². The standard InChI is InChI=1S/C15H15ClF3N3O3/c1-2-14(9-4-3-5-10(16)6-9)12(24)22(13(25)21-14)7-11(23)20-8-15(17,18)19/h3-6H,2,7-8H2,1H3,(H,20,23)(H,21,25)/t14-/m1/s1. The summed E-state index contributed by atoms with van der Waals surface area (Å²) < 4.78 is 36.4. The van der Waals surface area contributed by atoms with Crippen LogP contribution in [0.25, 0.3) is 0 Å². The van der Waals surface area contributed by atoms with Crippen LogP contribution in [0.4, 0.5) is 18.0 Å². The molecule has 6 nitrogen and oxygen atoms in total. The van der Waals surface area contributed by atoms with Gasteiger partial charge in [-0.15, -0.1) is 0 Å². The zero-order chi connectivity index (χ0) is 18.8. The van der Waals surface area contributed by atoms with Gasteiger partial charge in [0.15, 0.2) is 0 Å². The van der Waals surface area contributed by atoms with Gasteiger partial charge in [-0.2, -0.15) is 13.2 Å². The van der Waals surface area contributed by atoms with E-state index < -0.39 is 42.7 Å². The molecule has 2 rings (SSSR count). The minimum atomic E-state index is -4.58. The molecule has 0 bridgehead atoms. The molecule has 4 amide bonds. The van der Waals surface area contributed by atoms with Gasteiger partial charge in [-0.25, -0.2) is 4.79 Å². The van der Waals surface area contributed by atoms with Gasteiger partial charge in [-0.05, 0) is 24.1 Å². The smallest absolute Gasteiger partial charge is 0.345 e. The predicted octanol–water partition coefficient (Wildman–Crippen LogP) is 2.18. The SMILES string of the molecule is CC[C@]1(c2cccc(Cl)c2)NC(=O)N(CC(=O)NCC(F)(F)F)C1=O. The fourth-order valence-electron chi connectivity index (χ4n) is 2.56. The molecule has 25 heavy (non-hydrogen) atoms. The highest BCUT2D eigenvalue weighted by Gasteiger charge is 2.51. The number of nitrogens with zero attached hydrogens (tertiary/aromatic N) is 1. The fraction of sp³-hybridized carbons (Fsp3) is 0.400. The molecule has 0 aromatic heterocycles. The van der Waals surface area contributed by atoms with Crippen LogP contribution in [0.15, 0.2) is 24.3 Å². The second-order valence-corrected chi connectivity index (χ2v) is 5.92. The first-order valence-corrected chi connectivity index (χ1v) is 7.70. The van der Waals surface area contributed by atoms with E-state index in [4.69, 9.17) is 11.6 Å². The van der Waals surface area contributed by atoms with E-state index in [1.165, 1.54) is 6.07 Å². The van der Waals surface area contributed by atoms with Crippen molar-refractivity contribution in [3.8, 4) is 0 Å². The molecule has 0 spiro atoms. The summed E-state index contributed by atoms with van der Waals surface area (Å²) in [5.41, 5.74) is -0.981. The van der Waals surface area contributed by atoms with E-state index in [-0.39, 0.29) is 6.42 Å². The Kier molecular flexibility index (Phi) is 5.26. The molecule has 1 aromatic rings. The van der Waals surface area contributed by atoms with Crippen molar-refractivity contribution in [2.24, 2.45) is 0 Å². The van der Waals surface area contributed by atoms with Gasteiger partial charge in [-0.1, -0.05) is 30.7 Å². The summed E-state index contributed by atoms with van der Waals surface area (Å²) >= 11 is 5.92. The fourth-order valence-corrected chi connectivity index (χ4v) is 2.75. The number of carbonyl (C=O) groups excluding carboxylic acids is 3. The zero-order valence-corrected chi connectivity index (χ0v) is 13.9. The number of alkyl halides is 3. The van der Waals surface area contributed by atoms with Crippen LogP contribution in [0.1, 0.15) is 18.9 Å². The van der Waals surface area contributed by atoms with Crippen molar-refractivity contribution in [3.63, 3.8) is 0 Å². The molecule has 1 aliphatic heterocycles. The largest absolute Gasteiger partial charge is 0.405 e. The number of nitrogens with one attached hydrogen (secondary N) is 2. The Hall–Kier alpha value is -2.29. The molecule has 1 aliphatic rings. The van der Waals surface area contributed by atoms with Gasteiger partial charge < -0.3 is 10.6 Å². The lowest BCUT2D eigenvalue weighted by molar-refractivity contribution is -0.141. The number of urea groups is 1. The summed E-state index contributed by atoms with van der Waals surface area (Å²) in [6.07, 6.45) is -4.40. The van der Waals surface area contributed by atoms with Gasteiger partial charge in [0.05, 0.1) is 0 Å². The van der Waals surface area contributed by atoms with E-state index in [0.29, 0.717) is 15.5 Å². The van der Waals surface area contributed by atoms with Crippen molar-refractivity contribution < 1.29 is 27.6 Å². The molecule has 0 radical (unpaired) electrons. The lowest BCUT2D eigenvalue weighted by Gasteiger charge is -2.26. The maximum Gasteiger partial charge on any atom is 0.405 e. The molecular weight excluding hydrogens is 363 g/mol. The summed E-state index contributed by atoms with van der Waals surface area (Å²) in [6.45, 7) is -0.682. The maximum absolute atomic E-state index is 12.7. The lowest BCUT2D eigenvalue weighted by Crippen LogP contribution is -2.45. The van der Waals surface area contributed by atoms with Gasteiger partial charge in [-0.3, -0.25) is 14.5 Å². The minimum Gasteiger partial charge on any atom is -0.345 e. The molecular formula is C15H15ClF3N3O3. The van der Waals surface area contributed by atoms with Crippen LogP contribution in [0.5, 0.6) is 0 Å². The van der Waals surface area contributed by atoms with E-state index in [2.05, 4.69) is 5.32 Å². The number of hydrogen-bond donors (Lipinski definition) is 2. The molecule has 1 saturated heterocycles. The lowest BCUT2D eigenvalue weighted by atomic mass is 9.87. The second kappa shape index (κ2) is 6.91. The molecule has 1 heterocycles. The van der Waals surface area contributed by atoms with E-state index in [1.54, 1.807) is 30.4 Å². The van der Waals surface area contributed by atoms with E-state index in [1.807, 2.05) is 0 Å². The van der Waals surface area contributed by atoms with Gasteiger partial charge in [0.2, 0.25) is 5.91 Å². The number of halogens is 4. The van der Waals surface area contributed by atoms with Crippen molar-refractivity contribution in [1.82, 2.24) is 15.5 Å². The monoisotopic (exact) mass is 377 g/mol. The molecule has 10 heteroatoms. The Morgan fingerprint density at radius 1 is 1.36 bits per heavy atom. The highest BCUT2D eigenvalue weighted by Crippen LogP contribution is 2.33. The number of hydrogen-bond acceptors (Lipinski definition) is 3. The number of carbonyl (C=O) groups is 3. The van der Waals surface area contributed by atoms with Crippen LogP contribution in [-0.4, -0.2) is 42.0 Å². The van der Waals surface area contributed by atoms with Crippen molar-refractivity contribution in [2.75, 3.05) is 13.1 Å². The third-order valence-corrected chi connectivity index (χ3v) is 4.05. The van der Waals surface area contributed by atoms with Gasteiger partial charge >= 0.3 is 12.2 Å². The second-order valence-electron chi connectivity index (χ2n) is 5.48. The first-order valence-electron chi connectivity index (χ1n) is 7.32. The van der Waals surface area contributed by atoms with Crippen LogP contribution < -0.4 is 10.6 Å². The van der Waals surface area contributed by atoms with E-state index in [0.717, 1.165) is 0 Å². The van der Waals surface area contributed by atoms with Crippen molar-refractivity contribution in [1.29, 1.82) is 0 Å². The van der Waals surface area contributed by atoms with Crippen LogP contribution >= 0.6 is 11.6 Å². The van der Waals surface area contributed by atoms with Crippen LogP contribution in [0.2, 0.25) is 5.02 Å². The van der Waals surface area contributed by atoms with E-state index >= 15 is 0 Å². The maximum atomic E-state index is 12.7.